The number of allylic oxidation sites excluding steroid dienone is 2. The zero-order valence-electron chi connectivity index (χ0n) is 13.7. The largest absolute Gasteiger partial charge is 0.481 e. The second-order valence-corrected chi connectivity index (χ2v) is 6.86. The van der Waals surface area contributed by atoms with Gasteiger partial charge in [0.15, 0.2) is 0 Å². The van der Waals surface area contributed by atoms with Gasteiger partial charge in [-0.15, -0.1) is 0 Å². The summed E-state index contributed by atoms with van der Waals surface area (Å²) < 4.78 is 0. The highest BCUT2D eigenvalue weighted by Crippen LogP contribution is 2.48. The highest BCUT2D eigenvalue weighted by atomic mass is 16.4. The molecule has 2 aliphatic rings. The fourth-order valence-electron chi connectivity index (χ4n) is 4.15. The Kier molecular flexibility index (Phi) is 4.00. The van der Waals surface area contributed by atoms with Gasteiger partial charge in [-0.2, -0.15) is 0 Å². The Balaban J connectivity index is 1.77. The summed E-state index contributed by atoms with van der Waals surface area (Å²) in [6.07, 6.45) is 4.76. The molecule has 4 nitrogen and oxygen atoms in total. The molecule has 0 aliphatic heterocycles. The van der Waals surface area contributed by atoms with E-state index in [0.717, 1.165) is 12.0 Å². The van der Waals surface area contributed by atoms with E-state index in [0.29, 0.717) is 0 Å². The smallest absolute Gasteiger partial charge is 0.307 e. The van der Waals surface area contributed by atoms with Crippen molar-refractivity contribution in [2.24, 2.45) is 23.7 Å². The zero-order chi connectivity index (χ0) is 16.7. The molecule has 0 radical (unpaired) electrons. The number of fused-ring (bicyclic) bond motifs is 2. The molecule has 122 valence electrons. The maximum absolute atomic E-state index is 12.7. The number of carbonyl (C=O) groups is 2. The Bertz CT molecular complexity index is 679. The maximum atomic E-state index is 12.7. The molecule has 1 fully saturated rings. The molecule has 2 aliphatic carbocycles. The van der Waals surface area contributed by atoms with Crippen molar-refractivity contribution in [3.63, 3.8) is 0 Å². The van der Waals surface area contributed by atoms with Gasteiger partial charge in [0, 0.05) is 0 Å². The number of carboxylic acid groups (broad SMARTS) is 1. The van der Waals surface area contributed by atoms with Crippen molar-refractivity contribution in [2.45, 2.75) is 33.2 Å². The highest BCUT2D eigenvalue weighted by molar-refractivity contribution is 5.87. The van der Waals surface area contributed by atoms with Gasteiger partial charge in [-0.1, -0.05) is 30.4 Å². The predicted molar refractivity (Wildman–Crippen MR) is 87.8 cm³/mol. The summed E-state index contributed by atoms with van der Waals surface area (Å²) >= 11 is 0. The van der Waals surface area contributed by atoms with E-state index in [2.05, 4.69) is 18.3 Å². The number of benzene rings is 1. The summed E-state index contributed by atoms with van der Waals surface area (Å²) in [5.74, 6) is -1.97. The van der Waals surface area contributed by atoms with Gasteiger partial charge in [-0.25, -0.2) is 0 Å². The first-order chi connectivity index (χ1) is 10.9. The lowest BCUT2D eigenvalue weighted by Crippen LogP contribution is -2.41. The maximum Gasteiger partial charge on any atom is 0.307 e. The number of amides is 1. The number of carbonyl (C=O) groups excluding carboxylic acids is 1. The average Bonchev–Trinajstić information content (AvgIpc) is 3.10. The molecular weight excluding hydrogens is 290 g/mol. The monoisotopic (exact) mass is 313 g/mol. The molecule has 1 aromatic carbocycles. The number of hydrogen-bond donors (Lipinski definition) is 2. The first kappa shape index (κ1) is 15.8. The number of aryl methyl sites for hydroxylation is 1. The fourth-order valence-corrected chi connectivity index (χ4v) is 4.15. The van der Waals surface area contributed by atoms with E-state index >= 15 is 0 Å². The summed E-state index contributed by atoms with van der Waals surface area (Å²) in [5, 5.41) is 12.5. The Morgan fingerprint density at radius 3 is 2.48 bits per heavy atom. The number of hydrogen-bond acceptors (Lipinski definition) is 2. The van der Waals surface area contributed by atoms with E-state index in [1.807, 2.05) is 38.1 Å². The number of carboxylic acids is 1. The van der Waals surface area contributed by atoms with Crippen LogP contribution >= 0.6 is 0 Å². The first-order valence-corrected chi connectivity index (χ1v) is 8.17. The first-order valence-electron chi connectivity index (χ1n) is 8.17. The van der Waals surface area contributed by atoms with Crippen LogP contribution in [-0.4, -0.2) is 17.0 Å². The molecule has 23 heavy (non-hydrogen) atoms. The van der Waals surface area contributed by atoms with Crippen molar-refractivity contribution in [3.05, 3.63) is 47.0 Å². The van der Waals surface area contributed by atoms with Crippen LogP contribution in [0, 0.1) is 37.5 Å². The second-order valence-electron chi connectivity index (χ2n) is 6.86. The van der Waals surface area contributed by atoms with Gasteiger partial charge in [0.1, 0.15) is 0 Å². The van der Waals surface area contributed by atoms with E-state index in [1.54, 1.807) is 0 Å². The molecule has 1 amide bonds. The predicted octanol–water partition coefficient (Wildman–Crippen LogP) is 3.00. The van der Waals surface area contributed by atoms with Crippen LogP contribution in [0.25, 0.3) is 0 Å². The lowest BCUT2D eigenvalue weighted by molar-refractivity contribution is -0.148. The average molecular weight is 313 g/mol. The number of nitrogens with one attached hydrogen (secondary N) is 1. The Labute approximate surface area is 136 Å². The SMILES string of the molecule is Cc1cccc(C(C)NC(=O)C2C3C=CC(C3)C2C(=O)O)c1C. The van der Waals surface area contributed by atoms with Crippen LogP contribution in [0.1, 0.15) is 36.1 Å². The summed E-state index contributed by atoms with van der Waals surface area (Å²) in [5.41, 5.74) is 3.45. The normalized spacial score (nSPS) is 29.5. The summed E-state index contributed by atoms with van der Waals surface area (Å²) in [6, 6.07) is 5.93. The standard InChI is InChI=1S/C19H23NO3/c1-10-5-4-6-15(11(10)2)12(3)20-18(21)16-13-7-8-14(9-13)17(16)19(22)23/h4-8,12-14,16-17H,9H2,1-3H3,(H,20,21)(H,22,23). The lowest BCUT2D eigenvalue weighted by atomic mass is 9.82. The van der Waals surface area contributed by atoms with E-state index in [9.17, 15) is 14.7 Å². The third-order valence-electron chi connectivity index (χ3n) is 5.52. The minimum absolute atomic E-state index is 0.00395. The van der Waals surface area contributed by atoms with Gasteiger partial charge in [0.25, 0.3) is 0 Å². The van der Waals surface area contributed by atoms with Crippen LogP contribution in [0.5, 0.6) is 0 Å². The number of rotatable bonds is 4. The highest BCUT2D eigenvalue weighted by Gasteiger charge is 2.51. The van der Waals surface area contributed by atoms with Crippen LogP contribution in [0.3, 0.4) is 0 Å². The van der Waals surface area contributed by atoms with Gasteiger partial charge >= 0.3 is 5.97 Å². The minimum Gasteiger partial charge on any atom is -0.481 e. The van der Waals surface area contributed by atoms with E-state index < -0.39 is 17.8 Å². The summed E-state index contributed by atoms with van der Waals surface area (Å²) in [4.78, 5) is 24.3. The fraction of sp³-hybridized carbons (Fsp3) is 0.474. The van der Waals surface area contributed by atoms with Crippen molar-refractivity contribution in [1.29, 1.82) is 0 Å². The quantitative estimate of drug-likeness (QED) is 0.840. The van der Waals surface area contributed by atoms with Crippen LogP contribution in [0.2, 0.25) is 0 Å². The lowest BCUT2D eigenvalue weighted by Gasteiger charge is -2.26. The summed E-state index contributed by atoms with van der Waals surface area (Å²) in [7, 11) is 0. The Morgan fingerprint density at radius 2 is 1.83 bits per heavy atom. The van der Waals surface area contributed by atoms with Gasteiger partial charge in [-0.05, 0) is 55.7 Å². The van der Waals surface area contributed by atoms with Crippen LogP contribution in [0.4, 0.5) is 0 Å². The van der Waals surface area contributed by atoms with Crippen LogP contribution in [-0.2, 0) is 9.59 Å². The zero-order valence-corrected chi connectivity index (χ0v) is 13.7. The molecule has 0 heterocycles. The molecule has 0 spiro atoms. The third-order valence-corrected chi connectivity index (χ3v) is 5.52. The molecule has 5 unspecified atom stereocenters. The van der Waals surface area contributed by atoms with E-state index in [4.69, 9.17) is 0 Å². The topological polar surface area (TPSA) is 66.4 Å². The third kappa shape index (κ3) is 2.67. The molecule has 1 aromatic rings. The molecular formula is C19H23NO3. The van der Waals surface area contributed by atoms with Gasteiger partial charge in [0.2, 0.25) is 5.91 Å². The van der Waals surface area contributed by atoms with Crippen molar-refractivity contribution in [3.8, 4) is 0 Å². The van der Waals surface area contributed by atoms with Crippen molar-refractivity contribution < 1.29 is 14.7 Å². The Morgan fingerprint density at radius 1 is 1.17 bits per heavy atom. The summed E-state index contributed by atoms with van der Waals surface area (Å²) in [6.45, 7) is 6.06. The molecule has 3 rings (SSSR count). The van der Waals surface area contributed by atoms with Crippen LogP contribution in [0.15, 0.2) is 30.4 Å². The van der Waals surface area contributed by atoms with Crippen molar-refractivity contribution in [1.82, 2.24) is 5.32 Å². The van der Waals surface area contributed by atoms with Gasteiger partial charge in [-0.3, -0.25) is 9.59 Å². The minimum atomic E-state index is -0.860. The van der Waals surface area contributed by atoms with Crippen LogP contribution < -0.4 is 5.32 Å². The molecule has 0 aromatic heterocycles. The van der Waals surface area contributed by atoms with E-state index in [1.165, 1.54) is 11.1 Å². The van der Waals surface area contributed by atoms with Crippen molar-refractivity contribution >= 4 is 11.9 Å². The molecule has 0 saturated heterocycles. The number of aliphatic carboxylic acids is 1. The van der Waals surface area contributed by atoms with E-state index in [-0.39, 0.29) is 23.8 Å². The molecule has 4 heteroatoms. The molecule has 2 N–H and O–H groups in total. The van der Waals surface area contributed by atoms with Gasteiger partial charge in [0.05, 0.1) is 17.9 Å². The molecule has 1 saturated carbocycles. The Hall–Kier alpha value is -2.10. The van der Waals surface area contributed by atoms with Gasteiger partial charge < -0.3 is 10.4 Å². The second kappa shape index (κ2) is 5.84. The molecule has 2 bridgehead atoms. The van der Waals surface area contributed by atoms with Crippen molar-refractivity contribution in [2.75, 3.05) is 0 Å². The molecule has 5 atom stereocenters.